The highest BCUT2D eigenvalue weighted by Gasteiger charge is 2.21. The van der Waals surface area contributed by atoms with E-state index in [-0.39, 0.29) is 0 Å². The molecule has 0 radical (unpaired) electrons. The fraction of sp³-hybridized carbons (Fsp3) is 0. The van der Waals surface area contributed by atoms with Crippen molar-refractivity contribution in [3.63, 3.8) is 0 Å². The SMILES string of the molecule is c1ccc(-c2ccc3c(c2)c2cc(-c4ccccc4)ccc2n3-c2cccc3c2oc2c(-c4nc(-c5ccccc5)cc(-c5ccccc5)n4)cccc23)cc1. The van der Waals surface area contributed by atoms with Gasteiger partial charge in [0.2, 0.25) is 0 Å². The predicted molar refractivity (Wildman–Crippen MR) is 231 cm³/mol. The Labute approximate surface area is 323 Å². The Morgan fingerprint density at radius 2 is 0.804 bits per heavy atom. The molecule has 0 amide bonds. The molecule has 56 heavy (non-hydrogen) atoms. The van der Waals surface area contributed by atoms with Crippen LogP contribution in [0.4, 0.5) is 0 Å². The molecule has 3 heterocycles. The second-order valence-corrected chi connectivity index (χ2v) is 14.2. The molecule has 0 aliphatic carbocycles. The Kier molecular flexibility index (Phi) is 7.46. The number of para-hydroxylation sites is 2. The highest BCUT2D eigenvalue weighted by molar-refractivity contribution is 6.15. The van der Waals surface area contributed by atoms with E-state index < -0.39 is 0 Å². The smallest absolute Gasteiger partial charge is 0.164 e. The van der Waals surface area contributed by atoms with Gasteiger partial charge in [0.05, 0.1) is 33.7 Å². The van der Waals surface area contributed by atoms with Gasteiger partial charge in [-0.3, -0.25) is 0 Å². The minimum absolute atomic E-state index is 0.621. The number of benzene rings is 8. The topological polar surface area (TPSA) is 43.9 Å². The first kappa shape index (κ1) is 31.9. The average Bonchev–Trinajstić information content (AvgIpc) is 3.83. The molecule has 4 heteroatoms. The van der Waals surface area contributed by atoms with E-state index in [0.717, 1.165) is 66.7 Å². The predicted octanol–water partition coefficient (Wildman–Crippen LogP) is 13.8. The third-order valence-electron chi connectivity index (χ3n) is 10.8. The van der Waals surface area contributed by atoms with Crippen molar-refractivity contribution in [2.75, 3.05) is 0 Å². The molecule has 0 N–H and O–H groups in total. The number of hydrogen-bond acceptors (Lipinski definition) is 3. The first-order valence-corrected chi connectivity index (χ1v) is 18.9. The molecule has 0 bridgehead atoms. The molecule has 0 fully saturated rings. The maximum absolute atomic E-state index is 7.07. The molecular weight excluding hydrogens is 683 g/mol. The summed E-state index contributed by atoms with van der Waals surface area (Å²) in [6.45, 7) is 0. The van der Waals surface area contributed by atoms with Crippen molar-refractivity contribution in [3.8, 4) is 61.8 Å². The molecule has 0 aliphatic heterocycles. The van der Waals surface area contributed by atoms with Gasteiger partial charge in [0.15, 0.2) is 11.4 Å². The first-order valence-electron chi connectivity index (χ1n) is 18.9. The second-order valence-electron chi connectivity index (χ2n) is 14.2. The molecule has 11 rings (SSSR count). The molecule has 0 unspecified atom stereocenters. The van der Waals surface area contributed by atoms with E-state index in [1.807, 2.05) is 36.4 Å². The van der Waals surface area contributed by atoms with Gasteiger partial charge >= 0.3 is 0 Å². The van der Waals surface area contributed by atoms with Crippen LogP contribution in [0.25, 0.3) is 106 Å². The third kappa shape index (κ3) is 5.31. The number of furan rings is 1. The lowest BCUT2D eigenvalue weighted by Gasteiger charge is -2.10. The van der Waals surface area contributed by atoms with Gasteiger partial charge in [-0.05, 0) is 64.7 Å². The summed E-state index contributed by atoms with van der Waals surface area (Å²) in [5.41, 5.74) is 14.2. The van der Waals surface area contributed by atoms with Crippen molar-refractivity contribution in [2.45, 2.75) is 0 Å². The minimum atomic E-state index is 0.621. The number of rotatable bonds is 6. The van der Waals surface area contributed by atoms with Crippen LogP contribution in [0.15, 0.2) is 205 Å². The maximum Gasteiger partial charge on any atom is 0.164 e. The van der Waals surface area contributed by atoms with E-state index in [0.29, 0.717) is 5.82 Å². The quantitative estimate of drug-likeness (QED) is 0.172. The van der Waals surface area contributed by atoms with E-state index >= 15 is 0 Å². The monoisotopic (exact) mass is 715 g/mol. The Morgan fingerprint density at radius 1 is 0.339 bits per heavy atom. The summed E-state index contributed by atoms with van der Waals surface area (Å²) in [7, 11) is 0. The summed E-state index contributed by atoms with van der Waals surface area (Å²) in [5, 5.41) is 4.44. The van der Waals surface area contributed by atoms with Gasteiger partial charge in [-0.2, -0.15) is 0 Å². The van der Waals surface area contributed by atoms with Crippen LogP contribution in [-0.4, -0.2) is 14.5 Å². The van der Waals surface area contributed by atoms with Gasteiger partial charge in [0, 0.05) is 32.7 Å². The molecule has 0 saturated heterocycles. The zero-order valence-electron chi connectivity index (χ0n) is 30.3. The highest BCUT2D eigenvalue weighted by atomic mass is 16.3. The second kappa shape index (κ2) is 13.1. The van der Waals surface area contributed by atoms with Crippen LogP contribution in [-0.2, 0) is 0 Å². The lowest BCUT2D eigenvalue weighted by atomic mass is 10.0. The van der Waals surface area contributed by atoms with Gasteiger partial charge in [-0.15, -0.1) is 0 Å². The van der Waals surface area contributed by atoms with Crippen molar-refractivity contribution in [3.05, 3.63) is 200 Å². The average molecular weight is 716 g/mol. The van der Waals surface area contributed by atoms with Crippen LogP contribution in [0.3, 0.4) is 0 Å². The minimum Gasteiger partial charge on any atom is -0.453 e. The van der Waals surface area contributed by atoms with Crippen LogP contribution in [0.5, 0.6) is 0 Å². The normalized spacial score (nSPS) is 11.6. The maximum atomic E-state index is 7.07. The molecule has 3 aromatic heterocycles. The fourth-order valence-corrected chi connectivity index (χ4v) is 8.14. The lowest BCUT2D eigenvalue weighted by Crippen LogP contribution is -1.96. The molecule has 262 valence electrons. The molecule has 0 spiro atoms. The van der Waals surface area contributed by atoms with Gasteiger partial charge < -0.3 is 8.98 Å². The Bertz CT molecular complexity index is 3070. The number of nitrogens with zero attached hydrogens (tertiary/aromatic N) is 3. The van der Waals surface area contributed by atoms with Crippen molar-refractivity contribution in [1.29, 1.82) is 0 Å². The van der Waals surface area contributed by atoms with Crippen LogP contribution in [0.1, 0.15) is 0 Å². The summed E-state index contributed by atoms with van der Waals surface area (Å²) in [6.07, 6.45) is 0. The van der Waals surface area contributed by atoms with Crippen LogP contribution in [0.2, 0.25) is 0 Å². The number of aromatic nitrogens is 3. The van der Waals surface area contributed by atoms with Crippen molar-refractivity contribution in [2.24, 2.45) is 0 Å². The van der Waals surface area contributed by atoms with E-state index in [1.165, 1.54) is 33.0 Å². The molecule has 8 aromatic carbocycles. The van der Waals surface area contributed by atoms with Crippen molar-refractivity contribution in [1.82, 2.24) is 14.5 Å². The Morgan fingerprint density at radius 3 is 1.32 bits per heavy atom. The fourth-order valence-electron chi connectivity index (χ4n) is 8.14. The Balaban J connectivity index is 1.15. The summed E-state index contributed by atoms with van der Waals surface area (Å²) in [6, 6.07) is 70.2. The molecule has 0 atom stereocenters. The van der Waals surface area contributed by atoms with E-state index in [2.05, 4.69) is 168 Å². The van der Waals surface area contributed by atoms with Gasteiger partial charge in [-0.1, -0.05) is 158 Å². The lowest BCUT2D eigenvalue weighted by molar-refractivity contribution is 0.667. The molecule has 11 aromatic rings. The number of hydrogen-bond donors (Lipinski definition) is 0. The Hall–Kier alpha value is -7.56. The first-order chi connectivity index (χ1) is 27.8. The molecule has 4 nitrogen and oxygen atoms in total. The van der Waals surface area contributed by atoms with Crippen LogP contribution in [0, 0.1) is 0 Å². The highest BCUT2D eigenvalue weighted by Crippen LogP contribution is 2.42. The third-order valence-corrected chi connectivity index (χ3v) is 10.8. The van der Waals surface area contributed by atoms with E-state index in [1.54, 1.807) is 0 Å². The van der Waals surface area contributed by atoms with Gasteiger partial charge in [0.1, 0.15) is 5.58 Å². The molecule has 0 aliphatic rings. The standard InChI is InChI=1S/C52H33N3O/c1-5-15-34(16-6-1)38-27-29-47-43(31-38)44-32-39(35-17-7-2-8-18-35)28-30-48(44)55(47)49-26-14-24-41-40-23-13-25-42(50(40)56-51(41)49)52-53-45(36-19-9-3-10-20-36)33-46(54-52)37-21-11-4-12-22-37/h1-33H. The summed E-state index contributed by atoms with van der Waals surface area (Å²) >= 11 is 0. The summed E-state index contributed by atoms with van der Waals surface area (Å²) in [5.74, 6) is 0.621. The summed E-state index contributed by atoms with van der Waals surface area (Å²) < 4.78 is 9.43. The summed E-state index contributed by atoms with van der Waals surface area (Å²) in [4.78, 5) is 10.3. The van der Waals surface area contributed by atoms with Crippen molar-refractivity contribution >= 4 is 43.7 Å². The van der Waals surface area contributed by atoms with Crippen LogP contribution >= 0.6 is 0 Å². The van der Waals surface area contributed by atoms with E-state index in [4.69, 9.17) is 14.4 Å². The zero-order chi connectivity index (χ0) is 37.0. The van der Waals surface area contributed by atoms with Gasteiger partial charge in [0.25, 0.3) is 0 Å². The zero-order valence-corrected chi connectivity index (χ0v) is 30.3. The largest absolute Gasteiger partial charge is 0.453 e. The van der Waals surface area contributed by atoms with E-state index in [9.17, 15) is 0 Å². The molecular formula is C52H33N3O. The van der Waals surface area contributed by atoms with Gasteiger partial charge in [-0.25, -0.2) is 9.97 Å². The number of fused-ring (bicyclic) bond motifs is 6. The van der Waals surface area contributed by atoms with Crippen molar-refractivity contribution < 1.29 is 4.42 Å². The molecule has 0 saturated carbocycles. The van der Waals surface area contributed by atoms with Crippen LogP contribution < -0.4 is 0 Å².